The average Bonchev–Trinajstić information content (AvgIpc) is 3.41. The van der Waals surface area contributed by atoms with Gasteiger partial charge in [-0.15, -0.1) is 26.6 Å². The quantitative estimate of drug-likeness (QED) is 0.419. The van der Waals surface area contributed by atoms with Gasteiger partial charge in [0.05, 0.1) is 10.9 Å². The lowest BCUT2D eigenvalue weighted by molar-refractivity contribution is 0.627. The van der Waals surface area contributed by atoms with E-state index in [0.717, 1.165) is 48.0 Å². The van der Waals surface area contributed by atoms with Gasteiger partial charge in [0.15, 0.2) is 11.5 Å². The molecule has 0 unspecified atom stereocenters. The molecule has 0 radical (unpaired) electrons. The monoisotopic (exact) mass is 446 g/mol. The van der Waals surface area contributed by atoms with Crippen LogP contribution in [0.3, 0.4) is 0 Å². The topological polar surface area (TPSA) is 75.3 Å². The minimum Gasteiger partial charge on any atom is -0.352 e. The second-order valence-corrected chi connectivity index (χ2v) is 8.95. The Kier molecular flexibility index (Phi) is 4.46. The molecular weight excluding hydrogens is 427 g/mol. The minimum absolute atomic E-state index is 0.345. The summed E-state index contributed by atoms with van der Waals surface area (Å²) in [6.07, 6.45) is 1.64. The first kappa shape index (κ1) is 19.1. The molecule has 8 nitrogen and oxygen atoms in total. The number of hydrogen-bond acceptors (Lipinski definition) is 8. The smallest absolute Gasteiger partial charge is 0.188 e. The highest BCUT2D eigenvalue weighted by Gasteiger charge is 2.22. The first-order chi connectivity index (χ1) is 15.7. The molecule has 0 amide bonds. The molecule has 1 aromatic carbocycles. The van der Waals surface area contributed by atoms with Crippen LogP contribution in [0, 0.1) is 12.7 Å². The van der Waals surface area contributed by atoms with Gasteiger partial charge in [0.25, 0.3) is 0 Å². The number of aromatic nitrogens is 6. The van der Waals surface area contributed by atoms with Gasteiger partial charge in [0.1, 0.15) is 28.6 Å². The van der Waals surface area contributed by atoms with Gasteiger partial charge >= 0.3 is 0 Å². The Morgan fingerprint density at radius 3 is 2.59 bits per heavy atom. The second kappa shape index (κ2) is 7.49. The van der Waals surface area contributed by atoms with E-state index in [-0.39, 0.29) is 5.82 Å². The van der Waals surface area contributed by atoms with Crippen LogP contribution in [0.2, 0.25) is 0 Å². The fourth-order valence-electron chi connectivity index (χ4n) is 4.12. The molecular formula is C22H19FN8S. The van der Waals surface area contributed by atoms with E-state index in [0.29, 0.717) is 17.0 Å². The highest BCUT2D eigenvalue weighted by molar-refractivity contribution is 7.18. The predicted molar refractivity (Wildman–Crippen MR) is 123 cm³/mol. The highest BCUT2D eigenvalue weighted by atomic mass is 32.1. The molecule has 1 aliphatic heterocycles. The van der Waals surface area contributed by atoms with Gasteiger partial charge in [0.2, 0.25) is 0 Å². The van der Waals surface area contributed by atoms with Crippen molar-refractivity contribution in [2.24, 2.45) is 0 Å². The van der Waals surface area contributed by atoms with E-state index in [1.165, 1.54) is 10.9 Å². The molecule has 5 aromatic rings. The lowest BCUT2D eigenvalue weighted by atomic mass is 10.2. The number of nitrogens with zero attached hydrogens (tertiary/aromatic N) is 8. The number of aryl methyl sites for hydroxylation is 1. The largest absolute Gasteiger partial charge is 0.352 e. The van der Waals surface area contributed by atoms with E-state index in [2.05, 4.69) is 43.0 Å². The third-order valence-electron chi connectivity index (χ3n) is 5.70. The number of hydrogen-bond donors (Lipinski definition) is 0. The van der Waals surface area contributed by atoms with Gasteiger partial charge < -0.3 is 9.80 Å². The summed E-state index contributed by atoms with van der Waals surface area (Å²) in [5.74, 6) is 1.86. The maximum atomic E-state index is 14.3. The predicted octanol–water partition coefficient (Wildman–Crippen LogP) is 3.57. The van der Waals surface area contributed by atoms with Crippen molar-refractivity contribution in [1.82, 2.24) is 29.8 Å². The Morgan fingerprint density at radius 1 is 0.938 bits per heavy atom. The molecule has 0 spiro atoms. The summed E-state index contributed by atoms with van der Waals surface area (Å²) in [6, 6.07) is 12.5. The van der Waals surface area contributed by atoms with Crippen molar-refractivity contribution in [1.29, 1.82) is 0 Å². The van der Waals surface area contributed by atoms with Crippen LogP contribution < -0.4 is 9.80 Å². The summed E-state index contributed by atoms with van der Waals surface area (Å²) in [6.45, 7) is 5.33. The number of rotatable bonds is 3. The number of piperazine rings is 1. The zero-order valence-electron chi connectivity index (χ0n) is 17.3. The zero-order valence-corrected chi connectivity index (χ0v) is 18.1. The Morgan fingerprint density at radius 2 is 1.75 bits per heavy atom. The summed E-state index contributed by atoms with van der Waals surface area (Å²) in [4.78, 5) is 15.7. The van der Waals surface area contributed by atoms with Crippen LogP contribution in [0.5, 0.6) is 0 Å². The average molecular weight is 447 g/mol. The van der Waals surface area contributed by atoms with Gasteiger partial charge in [-0.1, -0.05) is 12.1 Å². The van der Waals surface area contributed by atoms with Crippen LogP contribution in [-0.2, 0) is 0 Å². The Balaban J connectivity index is 1.27. The van der Waals surface area contributed by atoms with E-state index in [9.17, 15) is 4.39 Å². The number of halogens is 1. The first-order valence-electron chi connectivity index (χ1n) is 10.4. The van der Waals surface area contributed by atoms with Gasteiger partial charge in [-0.05, 0) is 37.3 Å². The summed E-state index contributed by atoms with van der Waals surface area (Å²) < 4.78 is 15.9. The van der Waals surface area contributed by atoms with Crippen molar-refractivity contribution in [3.8, 4) is 11.4 Å². The fraction of sp³-hybridized carbons (Fsp3) is 0.227. The molecule has 5 heterocycles. The van der Waals surface area contributed by atoms with E-state index in [1.807, 2.05) is 12.1 Å². The summed E-state index contributed by atoms with van der Waals surface area (Å²) in [5, 5.41) is 14.2. The van der Waals surface area contributed by atoms with Crippen molar-refractivity contribution < 1.29 is 4.39 Å². The molecule has 32 heavy (non-hydrogen) atoms. The molecule has 1 fully saturated rings. The molecule has 6 rings (SSSR count). The SMILES string of the molecule is Cc1cc2c(N3CCN(c4ccc5nnc(-c6ccccc6F)n5n4)CC3)ncnc2s1. The maximum absolute atomic E-state index is 14.3. The van der Waals surface area contributed by atoms with E-state index in [1.54, 1.807) is 40.4 Å². The van der Waals surface area contributed by atoms with E-state index >= 15 is 0 Å². The van der Waals surface area contributed by atoms with Gasteiger partial charge in [0, 0.05) is 31.1 Å². The van der Waals surface area contributed by atoms with Crippen molar-refractivity contribution in [2.75, 3.05) is 36.0 Å². The van der Waals surface area contributed by atoms with Gasteiger partial charge in [-0.3, -0.25) is 0 Å². The fourth-order valence-corrected chi connectivity index (χ4v) is 4.96. The molecule has 4 aromatic heterocycles. The van der Waals surface area contributed by atoms with E-state index in [4.69, 9.17) is 5.10 Å². The number of anilines is 2. The maximum Gasteiger partial charge on any atom is 0.188 e. The summed E-state index contributed by atoms with van der Waals surface area (Å²) in [5.41, 5.74) is 0.968. The Labute approximate surface area is 187 Å². The lowest BCUT2D eigenvalue weighted by Crippen LogP contribution is -2.47. The zero-order chi connectivity index (χ0) is 21.7. The van der Waals surface area contributed by atoms with Crippen LogP contribution in [0.25, 0.3) is 27.3 Å². The molecule has 0 N–H and O–H groups in total. The van der Waals surface area contributed by atoms with Crippen LogP contribution in [0.1, 0.15) is 4.88 Å². The minimum atomic E-state index is -0.345. The number of benzene rings is 1. The molecule has 10 heteroatoms. The van der Waals surface area contributed by atoms with Crippen molar-refractivity contribution in [3.63, 3.8) is 0 Å². The third kappa shape index (κ3) is 3.14. The van der Waals surface area contributed by atoms with Crippen molar-refractivity contribution >= 4 is 38.8 Å². The molecule has 1 saturated heterocycles. The normalized spacial score (nSPS) is 14.6. The molecule has 1 aliphatic rings. The lowest BCUT2D eigenvalue weighted by Gasteiger charge is -2.36. The van der Waals surface area contributed by atoms with Crippen molar-refractivity contribution in [3.05, 3.63) is 59.5 Å². The molecule has 160 valence electrons. The van der Waals surface area contributed by atoms with Crippen LogP contribution in [-0.4, -0.2) is 56.0 Å². The van der Waals surface area contributed by atoms with Crippen LogP contribution in [0.4, 0.5) is 16.0 Å². The molecule has 0 atom stereocenters. The van der Waals surface area contributed by atoms with Crippen LogP contribution >= 0.6 is 11.3 Å². The summed E-state index contributed by atoms with van der Waals surface area (Å²) in [7, 11) is 0. The number of thiophene rings is 1. The molecule has 0 bridgehead atoms. The Bertz CT molecular complexity index is 1440. The standard InChI is InChI=1S/C22H19FN8S/c1-14-12-16-20(24-13-25-22(16)32-14)30-10-8-29(9-11-30)19-7-6-18-26-27-21(31(18)28-19)15-4-2-3-5-17(15)23/h2-7,12-13H,8-11H2,1H3. The van der Waals surface area contributed by atoms with Gasteiger partial charge in [-0.2, -0.15) is 4.52 Å². The molecule has 0 saturated carbocycles. The first-order valence-corrected chi connectivity index (χ1v) is 11.2. The second-order valence-electron chi connectivity index (χ2n) is 7.71. The third-order valence-corrected chi connectivity index (χ3v) is 6.66. The summed E-state index contributed by atoms with van der Waals surface area (Å²) >= 11 is 1.69. The Hall–Kier alpha value is -3.66. The van der Waals surface area contributed by atoms with E-state index < -0.39 is 0 Å². The van der Waals surface area contributed by atoms with Crippen LogP contribution in [0.15, 0.2) is 48.8 Å². The van der Waals surface area contributed by atoms with Crippen molar-refractivity contribution in [2.45, 2.75) is 6.92 Å². The number of fused-ring (bicyclic) bond motifs is 2. The highest BCUT2D eigenvalue weighted by Crippen LogP contribution is 2.30. The molecule has 0 aliphatic carbocycles. The van der Waals surface area contributed by atoms with Gasteiger partial charge in [-0.25, -0.2) is 14.4 Å².